The lowest BCUT2D eigenvalue weighted by Crippen LogP contribution is -2.20. The molecule has 1 aromatic rings. The zero-order valence-electron chi connectivity index (χ0n) is 10.6. The molecule has 0 aliphatic carbocycles. The quantitative estimate of drug-likeness (QED) is 0.906. The van der Waals surface area contributed by atoms with E-state index in [1.165, 1.54) is 23.1 Å². The Morgan fingerprint density at radius 1 is 1.58 bits per heavy atom. The van der Waals surface area contributed by atoms with Crippen molar-refractivity contribution in [2.24, 2.45) is 0 Å². The molecule has 1 aliphatic heterocycles. The van der Waals surface area contributed by atoms with E-state index in [4.69, 9.17) is 4.74 Å². The molecule has 1 aliphatic rings. The van der Waals surface area contributed by atoms with Crippen molar-refractivity contribution >= 4 is 17.7 Å². The third kappa shape index (κ3) is 3.67. The Morgan fingerprint density at radius 3 is 3.00 bits per heavy atom. The monoisotopic (exact) mass is 266 g/mol. The van der Waals surface area contributed by atoms with Crippen LogP contribution >= 0.6 is 0 Å². The van der Waals surface area contributed by atoms with Crippen LogP contribution in [0.3, 0.4) is 0 Å². The highest BCUT2D eigenvalue weighted by atomic mass is 19.1. The van der Waals surface area contributed by atoms with Crippen LogP contribution in [0.15, 0.2) is 24.3 Å². The van der Waals surface area contributed by atoms with Crippen LogP contribution in [0.2, 0.25) is 0 Å². The van der Waals surface area contributed by atoms with Crippen molar-refractivity contribution < 1.29 is 18.7 Å². The van der Waals surface area contributed by atoms with Crippen LogP contribution in [0.5, 0.6) is 0 Å². The lowest BCUT2D eigenvalue weighted by atomic mass is 10.2. The molecule has 0 aromatic heterocycles. The fourth-order valence-electron chi connectivity index (χ4n) is 1.88. The van der Waals surface area contributed by atoms with Crippen LogP contribution in [0.4, 0.5) is 14.9 Å². The molecule has 1 N–H and O–H groups in total. The number of hydrogen-bond acceptors (Lipinski definition) is 3. The lowest BCUT2D eigenvalue weighted by Gasteiger charge is -2.08. The minimum atomic E-state index is -0.399. The van der Waals surface area contributed by atoms with E-state index < -0.39 is 5.82 Å². The molecule has 0 spiro atoms. The highest BCUT2D eigenvalue weighted by Gasteiger charge is 2.28. The van der Waals surface area contributed by atoms with E-state index >= 15 is 0 Å². The summed E-state index contributed by atoms with van der Waals surface area (Å²) < 4.78 is 18.0. The van der Waals surface area contributed by atoms with Crippen molar-refractivity contribution in [3.8, 4) is 0 Å². The summed E-state index contributed by atoms with van der Waals surface area (Å²) >= 11 is 0. The smallest absolute Gasteiger partial charge is 0.409 e. The van der Waals surface area contributed by atoms with Crippen molar-refractivity contribution in [2.45, 2.75) is 18.9 Å². The van der Waals surface area contributed by atoms with E-state index in [-0.39, 0.29) is 24.5 Å². The number of ether oxygens (including phenoxy) is 1. The van der Waals surface area contributed by atoms with Crippen LogP contribution < -0.4 is 5.32 Å². The first kappa shape index (κ1) is 13.3. The topological polar surface area (TPSA) is 58.6 Å². The van der Waals surface area contributed by atoms with Gasteiger partial charge in [0.15, 0.2) is 0 Å². The average Bonchev–Trinajstić information content (AvgIpc) is 2.66. The van der Waals surface area contributed by atoms with E-state index in [0.717, 1.165) is 0 Å². The summed E-state index contributed by atoms with van der Waals surface area (Å²) in [6.07, 6.45) is 0.0609. The SMILES string of the molecule is CN1CC(CCC(=O)Nc2cccc(F)c2)OC1=O. The second-order valence-corrected chi connectivity index (χ2v) is 4.48. The molecule has 2 amide bonds. The van der Waals surface area contributed by atoms with Gasteiger partial charge in [-0.3, -0.25) is 4.79 Å². The van der Waals surface area contributed by atoms with Gasteiger partial charge in [-0.05, 0) is 24.6 Å². The molecule has 5 nitrogen and oxygen atoms in total. The highest BCUT2D eigenvalue weighted by Crippen LogP contribution is 2.15. The number of amides is 2. The van der Waals surface area contributed by atoms with Gasteiger partial charge in [-0.1, -0.05) is 6.07 Å². The number of likely N-dealkylation sites (N-methyl/N-ethyl adjacent to an activating group) is 1. The second-order valence-electron chi connectivity index (χ2n) is 4.48. The number of benzene rings is 1. The predicted octanol–water partition coefficient (Wildman–Crippen LogP) is 1.99. The molecule has 102 valence electrons. The first-order valence-electron chi connectivity index (χ1n) is 6.02. The second kappa shape index (κ2) is 5.69. The summed E-state index contributed by atoms with van der Waals surface area (Å²) in [6, 6.07) is 5.70. The molecule has 0 bridgehead atoms. The van der Waals surface area contributed by atoms with Gasteiger partial charge in [0.2, 0.25) is 5.91 Å². The van der Waals surface area contributed by atoms with Crippen molar-refractivity contribution in [1.29, 1.82) is 0 Å². The fraction of sp³-hybridized carbons (Fsp3) is 0.385. The van der Waals surface area contributed by atoms with Gasteiger partial charge < -0.3 is 15.0 Å². The summed E-state index contributed by atoms with van der Waals surface area (Å²) in [5.41, 5.74) is 0.422. The zero-order valence-corrected chi connectivity index (χ0v) is 10.6. The summed E-state index contributed by atoms with van der Waals surface area (Å²) in [6.45, 7) is 0.492. The molecule has 1 aromatic carbocycles. The minimum absolute atomic E-state index is 0.225. The van der Waals surface area contributed by atoms with Crippen molar-refractivity contribution in [3.63, 3.8) is 0 Å². The molecule has 1 heterocycles. The highest BCUT2D eigenvalue weighted by molar-refractivity contribution is 5.90. The Balaban J connectivity index is 1.78. The maximum atomic E-state index is 12.9. The van der Waals surface area contributed by atoms with Gasteiger partial charge in [-0.2, -0.15) is 0 Å². The maximum Gasteiger partial charge on any atom is 0.409 e. The molecule has 1 fully saturated rings. The third-order valence-corrected chi connectivity index (χ3v) is 2.86. The molecule has 2 rings (SSSR count). The number of halogens is 1. The van der Waals surface area contributed by atoms with Crippen molar-refractivity contribution in [1.82, 2.24) is 4.90 Å². The molecule has 1 atom stereocenters. The Hall–Kier alpha value is -2.11. The number of nitrogens with zero attached hydrogens (tertiary/aromatic N) is 1. The average molecular weight is 266 g/mol. The third-order valence-electron chi connectivity index (χ3n) is 2.86. The number of hydrogen-bond donors (Lipinski definition) is 1. The van der Waals surface area contributed by atoms with Gasteiger partial charge in [-0.15, -0.1) is 0 Å². The fourth-order valence-corrected chi connectivity index (χ4v) is 1.88. The minimum Gasteiger partial charge on any atom is -0.444 e. The number of rotatable bonds is 4. The normalized spacial score (nSPS) is 18.3. The zero-order chi connectivity index (χ0) is 13.8. The van der Waals surface area contributed by atoms with Crippen molar-refractivity contribution in [2.75, 3.05) is 18.9 Å². The maximum absolute atomic E-state index is 12.9. The summed E-state index contributed by atoms with van der Waals surface area (Å²) in [5, 5.41) is 2.60. The first-order valence-corrected chi connectivity index (χ1v) is 6.02. The van der Waals surface area contributed by atoms with Crippen molar-refractivity contribution in [3.05, 3.63) is 30.1 Å². The molecule has 0 saturated carbocycles. The van der Waals surface area contributed by atoms with Gasteiger partial charge in [0.25, 0.3) is 0 Å². The molecular weight excluding hydrogens is 251 g/mol. The number of nitrogens with one attached hydrogen (secondary N) is 1. The number of carbonyl (C=O) groups excluding carboxylic acids is 2. The van der Waals surface area contributed by atoms with Gasteiger partial charge in [0.05, 0.1) is 6.54 Å². The summed E-state index contributed by atoms with van der Waals surface area (Å²) in [5.74, 6) is -0.625. The van der Waals surface area contributed by atoms with E-state index in [2.05, 4.69) is 5.32 Å². The largest absolute Gasteiger partial charge is 0.444 e. The first-order chi connectivity index (χ1) is 9.04. The Morgan fingerprint density at radius 2 is 2.37 bits per heavy atom. The number of cyclic esters (lactones) is 1. The van der Waals surface area contributed by atoms with Crippen LogP contribution in [0, 0.1) is 5.82 Å². The molecule has 1 saturated heterocycles. The van der Waals surface area contributed by atoms with Gasteiger partial charge in [0.1, 0.15) is 11.9 Å². The Kier molecular flexibility index (Phi) is 3.99. The Bertz CT molecular complexity index is 493. The molecule has 6 heteroatoms. The Labute approximate surface area is 110 Å². The number of carbonyl (C=O) groups is 2. The van der Waals surface area contributed by atoms with Crippen LogP contribution in [0.1, 0.15) is 12.8 Å². The number of anilines is 1. The van der Waals surface area contributed by atoms with Gasteiger partial charge in [0, 0.05) is 19.2 Å². The van der Waals surface area contributed by atoms with E-state index in [1.54, 1.807) is 13.1 Å². The summed E-state index contributed by atoms with van der Waals surface area (Å²) in [7, 11) is 1.65. The predicted molar refractivity (Wildman–Crippen MR) is 67.2 cm³/mol. The molecule has 19 heavy (non-hydrogen) atoms. The molecule has 1 unspecified atom stereocenters. The molecular formula is C13H15FN2O3. The van der Waals surface area contributed by atoms with E-state index in [1.807, 2.05) is 0 Å². The lowest BCUT2D eigenvalue weighted by molar-refractivity contribution is -0.116. The van der Waals surface area contributed by atoms with Crippen LogP contribution in [0.25, 0.3) is 0 Å². The molecule has 0 radical (unpaired) electrons. The standard InChI is InChI=1S/C13H15FN2O3/c1-16-8-11(19-13(16)18)5-6-12(17)15-10-4-2-3-9(14)7-10/h2-4,7,11H,5-6,8H2,1H3,(H,15,17). The van der Waals surface area contributed by atoms with E-state index in [9.17, 15) is 14.0 Å². The van der Waals surface area contributed by atoms with Crippen LogP contribution in [-0.4, -0.2) is 36.6 Å². The van der Waals surface area contributed by atoms with Gasteiger partial charge >= 0.3 is 6.09 Å². The summed E-state index contributed by atoms with van der Waals surface area (Å²) in [4.78, 5) is 24.2. The van der Waals surface area contributed by atoms with E-state index in [0.29, 0.717) is 18.7 Å². The van der Waals surface area contributed by atoms with Gasteiger partial charge in [-0.25, -0.2) is 9.18 Å². The van der Waals surface area contributed by atoms with Crippen LogP contribution in [-0.2, 0) is 9.53 Å².